The Hall–Kier alpha value is -2.31. The first-order chi connectivity index (χ1) is 14.9. The summed E-state index contributed by atoms with van der Waals surface area (Å²) in [7, 11) is -4.63. The molecule has 3 rings (SSSR count). The van der Waals surface area contributed by atoms with Crippen LogP contribution in [0.15, 0.2) is 58.3 Å². The largest absolute Gasteiger partial charge is 0.373 e. The summed E-state index contributed by atoms with van der Waals surface area (Å²) < 4.78 is 58.9. The molecule has 1 N–H and O–H groups in total. The van der Waals surface area contributed by atoms with E-state index in [2.05, 4.69) is 5.32 Å². The number of nitrogens with one attached hydrogen (secondary N) is 1. The molecule has 1 amide bonds. The molecule has 2 atom stereocenters. The highest BCUT2D eigenvalue weighted by molar-refractivity contribution is 7.89. The van der Waals surface area contributed by atoms with Gasteiger partial charge < -0.3 is 10.1 Å². The number of ether oxygens (including phenoxy) is 1. The van der Waals surface area contributed by atoms with Crippen LogP contribution in [0.4, 0.5) is 5.69 Å². The SMILES string of the molecule is C[C@H]1CN(S(=O)(=O)c2cccc(C(=O)Nc3cccc(S(=O)(=O)N(C)C)c3)c2)C[C@H](C)O1. The smallest absolute Gasteiger partial charge is 0.255 e. The highest BCUT2D eigenvalue weighted by atomic mass is 32.2. The van der Waals surface area contributed by atoms with E-state index in [1.165, 1.54) is 60.9 Å². The maximum atomic E-state index is 13.1. The molecule has 0 radical (unpaired) electrons. The quantitative estimate of drug-likeness (QED) is 0.675. The molecule has 2 aromatic rings. The fourth-order valence-electron chi connectivity index (χ4n) is 3.42. The minimum absolute atomic E-state index is 0.00962. The average Bonchev–Trinajstić information content (AvgIpc) is 2.73. The van der Waals surface area contributed by atoms with Gasteiger partial charge in [-0.05, 0) is 50.2 Å². The van der Waals surface area contributed by atoms with Gasteiger partial charge >= 0.3 is 0 Å². The van der Waals surface area contributed by atoms with E-state index in [4.69, 9.17) is 4.74 Å². The summed E-state index contributed by atoms with van der Waals surface area (Å²) in [4.78, 5) is 12.8. The average molecular weight is 482 g/mol. The lowest BCUT2D eigenvalue weighted by Crippen LogP contribution is -2.48. The van der Waals surface area contributed by atoms with Gasteiger partial charge in [-0.3, -0.25) is 4.79 Å². The molecule has 0 spiro atoms. The van der Waals surface area contributed by atoms with Gasteiger partial charge in [0.2, 0.25) is 20.0 Å². The summed E-state index contributed by atoms with van der Waals surface area (Å²) in [5, 5.41) is 2.63. The Morgan fingerprint density at radius 1 is 0.969 bits per heavy atom. The third-order valence-electron chi connectivity index (χ3n) is 4.99. The Kier molecular flexibility index (Phi) is 7.06. The second-order valence-electron chi connectivity index (χ2n) is 7.88. The van der Waals surface area contributed by atoms with E-state index in [-0.39, 0.29) is 46.3 Å². The number of carbonyl (C=O) groups is 1. The second-order valence-corrected chi connectivity index (χ2v) is 12.0. The van der Waals surface area contributed by atoms with Crippen LogP contribution >= 0.6 is 0 Å². The Labute approximate surface area is 189 Å². The summed E-state index contributed by atoms with van der Waals surface area (Å²) in [6.45, 7) is 4.09. The highest BCUT2D eigenvalue weighted by Gasteiger charge is 2.32. The van der Waals surface area contributed by atoms with Crippen molar-refractivity contribution in [3.05, 3.63) is 54.1 Å². The van der Waals surface area contributed by atoms with Gasteiger partial charge in [0.05, 0.1) is 22.0 Å². The third kappa shape index (κ3) is 5.18. The van der Waals surface area contributed by atoms with Crippen LogP contribution in [0.5, 0.6) is 0 Å². The van der Waals surface area contributed by atoms with Crippen molar-refractivity contribution in [3.8, 4) is 0 Å². The van der Waals surface area contributed by atoms with E-state index in [0.29, 0.717) is 0 Å². The first-order valence-corrected chi connectivity index (χ1v) is 12.9. The highest BCUT2D eigenvalue weighted by Crippen LogP contribution is 2.23. The summed E-state index contributed by atoms with van der Waals surface area (Å²) in [5.74, 6) is -0.551. The number of nitrogens with zero attached hydrogens (tertiary/aromatic N) is 2. The molecule has 1 aliphatic rings. The van der Waals surface area contributed by atoms with Gasteiger partial charge in [-0.1, -0.05) is 12.1 Å². The van der Waals surface area contributed by atoms with Crippen molar-refractivity contribution in [3.63, 3.8) is 0 Å². The van der Waals surface area contributed by atoms with E-state index < -0.39 is 26.0 Å². The lowest BCUT2D eigenvalue weighted by molar-refractivity contribution is -0.0440. The van der Waals surface area contributed by atoms with Crippen molar-refractivity contribution < 1.29 is 26.4 Å². The third-order valence-corrected chi connectivity index (χ3v) is 8.63. The Morgan fingerprint density at radius 2 is 1.56 bits per heavy atom. The van der Waals surface area contributed by atoms with Crippen LogP contribution in [0.25, 0.3) is 0 Å². The van der Waals surface area contributed by atoms with Gasteiger partial charge in [-0.2, -0.15) is 4.31 Å². The van der Waals surface area contributed by atoms with Crippen LogP contribution in [0.3, 0.4) is 0 Å². The van der Waals surface area contributed by atoms with Crippen molar-refractivity contribution in [1.82, 2.24) is 8.61 Å². The normalized spacial score (nSPS) is 20.3. The first kappa shape index (κ1) is 24.3. The standard InChI is InChI=1S/C21H27N3O6S2/c1-15-13-24(14-16(2)30-15)32(28,29)19-9-5-7-17(11-19)21(25)22-18-8-6-10-20(12-18)31(26,27)23(3)4/h5-12,15-16H,13-14H2,1-4H3,(H,22,25)/t15-,16-/m0/s1. The van der Waals surface area contributed by atoms with Gasteiger partial charge in [0, 0.05) is 38.4 Å². The molecule has 1 fully saturated rings. The van der Waals surface area contributed by atoms with Gasteiger partial charge in [0.15, 0.2) is 0 Å². The number of benzene rings is 2. The van der Waals surface area contributed by atoms with Crippen molar-refractivity contribution >= 4 is 31.6 Å². The lowest BCUT2D eigenvalue weighted by Gasteiger charge is -2.34. The topological polar surface area (TPSA) is 113 Å². The molecule has 0 aromatic heterocycles. The van der Waals surface area contributed by atoms with Crippen molar-refractivity contribution in [2.45, 2.75) is 35.8 Å². The maximum absolute atomic E-state index is 13.1. The number of carbonyl (C=O) groups excluding carboxylic acids is 1. The van der Waals surface area contributed by atoms with Gasteiger partial charge in [0.1, 0.15) is 0 Å². The van der Waals surface area contributed by atoms with Crippen molar-refractivity contribution in [2.75, 3.05) is 32.5 Å². The van der Waals surface area contributed by atoms with Crippen molar-refractivity contribution in [1.29, 1.82) is 0 Å². The predicted octanol–water partition coefficient (Wildman–Crippen LogP) is 1.99. The monoisotopic (exact) mass is 481 g/mol. The molecule has 9 nitrogen and oxygen atoms in total. The molecule has 0 aliphatic carbocycles. The molecule has 0 bridgehead atoms. The zero-order chi connectivity index (χ0) is 23.7. The molecule has 1 heterocycles. The van der Waals surface area contributed by atoms with Crippen LogP contribution < -0.4 is 5.32 Å². The fraction of sp³-hybridized carbons (Fsp3) is 0.381. The summed E-state index contributed by atoms with van der Waals surface area (Å²) in [5.41, 5.74) is 0.420. The van der Waals surface area contributed by atoms with E-state index in [1.54, 1.807) is 6.07 Å². The first-order valence-electron chi connectivity index (χ1n) is 10.0. The number of morpholine rings is 1. The molecule has 0 saturated carbocycles. The molecule has 174 valence electrons. The summed E-state index contributed by atoms with van der Waals surface area (Å²) in [6.07, 6.45) is -0.462. The van der Waals surface area contributed by atoms with Gasteiger partial charge in [-0.25, -0.2) is 21.1 Å². The molecular weight excluding hydrogens is 454 g/mol. The number of hydrogen-bond donors (Lipinski definition) is 1. The van der Waals surface area contributed by atoms with Crippen LogP contribution in [-0.2, 0) is 24.8 Å². The van der Waals surface area contributed by atoms with E-state index in [1.807, 2.05) is 13.8 Å². The van der Waals surface area contributed by atoms with Crippen LogP contribution in [0, 0.1) is 0 Å². The van der Waals surface area contributed by atoms with Crippen LogP contribution in [0.2, 0.25) is 0 Å². The summed E-state index contributed by atoms with van der Waals surface area (Å²) in [6, 6.07) is 11.6. The minimum Gasteiger partial charge on any atom is -0.373 e. The second kappa shape index (κ2) is 9.28. The van der Waals surface area contributed by atoms with E-state index in [0.717, 1.165) is 4.31 Å². The molecule has 1 saturated heterocycles. The van der Waals surface area contributed by atoms with E-state index in [9.17, 15) is 21.6 Å². The minimum atomic E-state index is -3.80. The van der Waals surface area contributed by atoms with Crippen LogP contribution in [0.1, 0.15) is 24.2 Å². The number of amides is 1. The molecule has 0 unspecified atom stereocenters. The number of sulfonamides is 2. The van der Waals surface area contributed by atoms with Crippen LogP contribution in [-0.4, -0.2) is 70.7 Å². The Bertz CT molecular complexity index is 1200. The maximum Gasteiger partial charge on any atom is 0.255 e. The number of anilines is 1. The zero-order valence-corrected chi connectivity index (χ0v) is 20.0. The Morgan fingerprint density at radius 3 is 2.19 bits per heavy atom. The molecule has 11 heteroatoms. The molecule has 1 aliphatic heterocycles. The lowest BCUT2D eigenvalue weighted by atomic mass is 10.2. The van der Waals surface area contributed by atoms with Gasteiger partial charge in [-0.15, -0.1) is 0 Å². The van der Waals surface area contributed by atoms with Gasteiger partial charge in [0.25, 0.3) is 5.91 Å². The van der Waals surface area contributed by atoms with Crippen molar-refractivity contribution in [2.24, 2.45) is 0 Å². The van der Waals surface area contributed by atoms with E-state index >= 15 is 0 Å². The molecule has 2 aromatic carbocycles. The zero-order valence-electron chi connectivity index (χ0n) is 18.3. The fourth-order valence-corrected chi connectivity index (χ4v) is 6.01. The summed E-state index contributed by atoms with van der Waals surface area (Å²) >= 11 is 0. The number of hydrogen-bond acceptors (Lipinski definition) is 6. The molecule has 32 heavy (non-hydrogen) atoms. The number of rotatable bonds is 6. The Balaban J connectivity index is 1.84. The molecular formula is C21H27N3O6S2. The predicted molar refractivity (Wildman–Crippen MR) is 120 cm³/mol.